The van der Waals surface area contributed by atoms with Crippen LogP contribution in [0.1, 0.15) is 22.3 Å². The van der Waals surface area contributed by atoms with E-state index in [1.54, 1.807) is 12.1 Å². The van der Waals surface area contributed by atoms with Crippen LogP contribution in [-0.4, -0.2) is 30.1 Å². The topological polar surface area (TPSA) is 49.3 Å². The summed E-state index contributed by atoms with van der Waals surface area (Å²) < 4.78 is 0. The number of aliphatic hydroxyl groups is 1. The third kappa shape index (κ3) is 2.43. The molecule has 80 valence electrons. The lowest BCUT2D eigenvalue weighted by Gasteiger charge is -2.21. The van der Waals surface area contributed by atoms with E-state index in [9.17, 15) is 9.90 Å². The van der Waals surface area contributed by atoms with Crippen molar-refractivity contribution in [3.8, 4) is 0 Å². The number of nitrogens with one attached hydrogen (secondary N) is 1. The van der Waals surface area contributed by atoms with Gasteiger partial charge in [0, 0.05) is 18.5 Å². The van der Waals surface area contributed by atoms with Gasteiger partial charge in [-0.05, 0) is 18.5 Å². The molecule has 0 aliphatic carbocycles. The second-order valence-electron chi connectivity index (χ2n) is 4.19. The van der Waals surface area contributed by atoms with Crippen molar-refractivity contribution in [3.05, 3.63) is 35.4 Å². The van der Waals surface area contributed by atoms with Gasteiger partial charge in [0.2, 0.25) is 0 Å². The SMILES string of the molecule is O=Cc1ccc(CC2(O)CCNC2)cc1. The Labute approximate surface area is 89.1 Å². The number of carbonyl (C=O) groups excluding carboxylic acids is 1. The van der Waals surface area contributed by atoms with E-state index in [0.717, 1.165) is 24.8 Å². The molecule has 0 spiro atoms. The fourth-order valence-electron chi connectivity index (χ4n) is 1.98. The average molecular weight is 205 g/mol. The molecular weight excluding hydrogens is 190 g/mol. The Morgan fingerprint density at radius 2 is 2.13 bits per heavy atom. The second kappa shape index (κ2) is 4.13. The number of β-amino-alcohol motifs (C(OH)–C–C–N with tert-alkyl or cyclic N) is 1. The maximum atomic E-state index is 10.5. The molecule has 0 radical (unpaired) electrons. The highest BCUT2D eigenvalue weighted by Gasteiger charge is 2.30. The predicted molar refractivity (Wildman–Crippen MR) is 58.0 cm³/mol. The summed E-state index contributed by atoms with van der Waals surface area (Å²) in [5.74, 6) is 0. The highest BCUT2D eigenvalue weighted by molar-refractivity contribution is 5.74. The van der Waals surface area contributed by atoms with Crippen LogP contribution in [0, 0.1) is 0 Å². The maximum Gasteiger partial charge on any atom is 0.150 e. The van der Waals surface area contributed by atoms with Gasteiger partial charge in [-0.1, -0.05) is 24.3 Å². The largest absolute Gasteiger partial charge is 0.388 e. The fraction of sp³-hybridized carbons (Fsp3) is 0.417. The molecule has 0 aromatic heterocycles. The summed E-state index contributed by atoms with van der Waals surface area (Å²) in [7, 11) is 0. The number of aldehydes is 1. The molecule has 1 heterocycles. The number of carbonyl (C=O) groups is 1. The van der Waals surface area contributed by atoms with Gasteiger partial charge >= 0.3 is 0 Å². The van der Waals surface area contributed by atoms with Gasteiger partial charge in [0.1, 0.15) is 6.29 Å². The van der Waals surface area contributed by atoms with E-state index in [4.69, 9.17) is 0 Å². The van der Waals surface area contributed by atoms with Crippen LogP contribution in [0.25, 0.3) is 0 Å². The molecule has 0 bridgehead atoms. The first-order chi connectivity index (χ1) is 7.22. The molecule has 1 saturated heterocycles. The lowest BCUT2D eigenvalue weighted by molar-refractivity contribution is 0.0619. The van der Waals surface area contributed by atoms with Crippen LogP contribution in [0.2, 0.25) is 0 Å². The summed E-state index contributed by atoms with van der Waals surface area (Å²) in [6.45, 7) is 1.53. The zero-order valence-electron chi connectivity index (χ0n) is 8.57. The average Bonchev–Trinajstić information content (AvgIpc) is 2.66. The zero-order valence-corrected chi connectivity index (χ0v) is 8.57. The van der Waals surface area contributed by atoms with Crippen molar-refractivity contribution >= 4 is 6.29 Å². The van der Waals surface area contributed by atoms with E-state index in [1.165, 1.54) is 0 Å². The lowest BCUT2D eigenvalue weighted by Crippen LogP contribution is -2.33. The van der Waals surface area contributed by atoms with Gasteiger partial charge in [-0.25, -0.2) is 0 Å². The summed E-state index contributed by atoms with van der Waals surface area (Å²) in [6.07, 6.45) is 2.27. The summed E-state index contributed by atoms with van der Waals surface area (Å²) in [6, 6.07) is 7.38. The highest BCUT2D eigenvalue weighted by Crippen LogP contribution is 2.20. The van der Waals surface area contributed by atoms with Crippen LogP contribution >= 0.6 is 0 Å². The fourth-order valence-corrected chi connectivity index (χ4v) is 1.98. The first-order valence-electron chi connectivity index (χ1n) is 5.19. The van der Waals surface area contributed by atoms with Gasteiger partial charge in [0.05, 0.1) is 5.60 Å². The summed E-state index contributed by atoms with van der Waals surface area (Å²) in [4.78, 5) is 10.5. The molecule has 15 heavy (non-hydrogen) atoms. The van der Waals surface area contributed by atoms with E-state index < -0.39 is 5.60 Å². The molecule has 0 amide bonds. The molecular formula is C12H15NO2. The molecule has 1 atom stereocenters. The van der Waals surface area contributed by atoms with E-state index >= 15 is 0 Å². The summed E-state index contributed by atoms with van der Waals surface area (Å²) in [5, 5.41) is 13.3. The van der Waals surface area contributed by atoms with E-state index in [2.05, 4.69) is 5.32 Å². The Kier molecular flexibility index (Phi) is 2.84. The lowest BCUT2D eigenvalue weighted by atomic mass is 9.93. The maximum absolute atomic E-state index is 10.5. The van der Waals surface area contributed by atoms with Crippen molar-refractivity contribution in [2.75, 3.05) is 13.1 Å². The van der Waals surface area contributed by atoms with E-state index in [0.29, 0.717) is 18.5 Å². The predicted octanol–water partition coefficient (Wildman–Crippen LogP) is 0.766. The zero-order chi connectivity index (χ0) is 10.7. The Bertz CT molecular complexity index is 339. The van der Waals surface area contributed by atoms with Gasteiger partial charge < -0.3 is 10.4 Å². The van der Waals surface area contributed by atoms with Gasteiger partial charge in [-0.15, -0.1) is 0 Å². The van der Waals surface area contributed by atoms with Gasteiger partial charge in [0.25, 0.3) is 0 Å². The molecule has 1 aromatic carbocycles. The van der Waals surface area contributed by atoms with Crippen molar-refractivity contribution in [1.29, 1.82) is 0 Å². The van der Waals surface area contributed by atoms with Crippen LogP contribution in [0.3, 0.4) is 0 Å². The molecule has 1 fully saturated rings. The molecule has 1 aliphatic rings. The highest BCUT2D eigenvalue weighted by atomic mass is 16.3. The number of benzene rings is 1. The Balaban J connectivity index is 2.07. The van der Waals surface area contributed by atoms with Crippen molar-refractivity contribution in [2.24, 2.45) is 0 Å². The number of hydrogen-bond acceptors (Lipinski definition) is 3. The van der Waals surface area contributed by atoms with Crippen molar-refractivity contribution in [2.45, 2.75) is 18.4 Å². The van der Waals surface area contributed by atoms with Crippen LogP contribution in [0.4, 0.5) is 0 Å². The standard InChI is InChI=1S/C12H15NO2/c14-8-11-3-1-10(2-4-11)7-12(15)5-6-13-9-12/h1-4,8,13,15H,5-7,9H2. The molecule has 0 saturated carbocycles. The van der Waals surface area contributed by atoms with Crippen molar-refractivity contribution in [3.63, 3.8) is 0 Å². The Hall–Kier alpha value is -1.19. The first-order valence-corrected chi connectivity index (χ1v) is 5.19. The third-order valence-corrected chi connectivity index (χ3v) is 2.87. The Morgan fingerprint density at radius 1 is 1.40 bits per heavy atom. The number of rotatable bonds is 3. The third-order valence-electron chi connectivity index (χ3n) is 2.87. The van der Waals surface area contributed by atoms with Crippen molar-refractivity contribution < 1.29 is 9.90 Å². The van der Waals surface area contributed by atoms with Gasteiger partial charge in [-0.3, -0.25) is 4.79 Å². The molecule has 2 N–H and O–H groups in total. The van der Waals surface area contributed by atoms with Gasteiger partial charge in [0.15, 0.2) is 0 Å². The molecule has 3 nitrogen and oxygen atoms in total. The normalized spacial score (nSPS) is 25.4. The van der Waals surface area contributed by atoms with Crippen LogP contribution in [-0.2, 0) is 6.42 Å². The number of hydrogen-bond donors (Lipinski definition) is 2. The van der Waals surface area contributed by atoms with Crippen LogP contribution in [0.15, 0.2) is 24.3 Å². The molecule has 2 rings (SSSR count). The minimum Gasteiger partial charge on any atom is -0.388 e. The molecule has 1 aliphatic heterocycles. The Morgan fingerprint density at radius 3 is 2.67 bits per heavy atom. The summed E-state index contributed by atoms with van der Waals surface area (Å²) >= 11 is 0. The van der Waals surface area contributed by atoms with E-state index in [-0.39, 0.29) is 0 Å². The van der Waals surface area contributed by atoms with Crippen LogP contribution in [0.5, 0.6) is 0 Å². The van der Waals surface area contributed by atoms with Gasteiger partial charge in [-0.2, -0.15) is 0 Å². The second-order valence-corrected chi connectivity index (χ2v) is 4.19. The summed E-state index contributed by atoms with van der Waals surface area (Å²) in [5.41, 5.74) is 1.14. The van der Waals surface area contributed by atoms with E-state index in [1.807, 2.05) is 12.1 Å². The molecule has 3 heteroatoms. The minimum absolute atomic E-state index is 0.608. The smallest absolute Gasteiger partial charge is 0.150 e. The molecule has 1 aromatic rings. The van der Waals surface area contributed by atoms with Crippen molar-refractivity contribution in [1.82, 2.24) is 5.32 Å². The first kappa shape index (κ1) is 10.3. The molecule has 1 unspecified atom stereocenters. The van der Waals surface area contributed by atoms with Crippen LogP contribution < -0.4 is 5.32 Å². The quantitative estimate of drug-likeness (QED) is 0.716. The monoisotopic (exact) mass is 205 g/mol. The minimum atomic E-state index is -0.608.